The SMILES string of the molecule is COc1ccc(C(=O)Nc2ccc3nc(N4CCOCC4)sc3c2)cc1. The molecule has 0 bridgehead atoms. The van der Waals surface area contributed by atoms with Gasteiger partial charge in [-0.3, -0.25) is 4.79 Å². The van der Waals surface area contributed by atoms with Crippen LogP contribution in [0.1, 0.15) is 10.4 Å². The number of carbonyl (C=O) groups is 1. The van der Waals surface area contributed by atoms with E-state index in [0.29, 0.717) is 5.56 Å². The molecule has 0 saturated carbocycles. The van der Waals surface area contributed by atoms with Crippen LogP contribution < -0.4 is 15.0 Å². The van der Waals surface area contributed by atoms with Crippen molar-refractivity contribution in [3.8, 4) is 5.75 Å². The van der Waals surface area contributed by atoms with Gasteiger partial charge in [0, 0.05) is 24.3 Å². The number of rotatable bonds is 4. The van der Waals surface area contributed by atoms with Gasteiger partial charge in [-0.1, -0.05) is 11.3 Å². The highest BCUT2D eigenvalue weighted by Crippen LogP contribution is 2.31. The lowest BCUT2D eigenvalue weighted by molar-refractivity contribution is 0.102. The van der Waals surface area contributed by atoms with Gasteiger partial charge in [-0.25, -0.2) is 4.98 Å². The van der Waals surface area contributed by atoms with E-state index in [0.717, 1.165) is 53.1 Å². The van der Waals surface area contributed by atoms with E-state index in [1.54, 1.807) is 42.7 Å². The van der Waals surface area contributed by atoms with Gasteiger partial charge < -0.3 is 19.7 Å². The van der Waals surface area contributed by atoms with Gasteiger partial charge in [0.2, 0.25) is 0 Å². The zero-order valence-electron chi connectivity index (χ0n) is 14.4. The molecular weight excluding hydrogens is 350 g/mol. The number of benzene rings is 2. The molecular formula is C19H19N3O3S. The summed E-state index contributed by atoms with van der Waals surface area (Å²) in [5, 5.41) is 3.94. The second-order valence-corrected chi connectivity index (χ2v) is 6.97. The molecule has 1 saturated heterocycles. The molecule has 0 spiro atoms. The summed E-state index contributed by atoms with van der Waals surface area (Å²) in [6, 6.07) is 12.8. The van der Waals surface area contributed by atoms with Crippen molar-refractivity contribution >= 4 is 38.3 Å². The van der Waals surface area contributed by atoms with Crippen molar-refractivity contribution < 1.29 is 14.3 Å². The van der Waals surface area contributed by atoms with Gasteiger partial charge in [-0.15, -0.1) is 0 Å². The summed E-state index contributed by atoms with van der Waals surface area (Å²) >= 11 is 1.64. The third-order valence-electron chi connectivity index (χ3n) is 4.27. The second kappa shape index (κ2) is 7.31. The molecule has 1 amide bonds. The lowest BCUT2D eigenvalue weighted by Crippen LogP contribution is -2.36. The number of methoxy groups -OCH3 is 1. The molecule has 7 heteroatoms. The van der Waals surface area contributed by atoms with Crippen LogP contribution in [0.3, 0.4) is 0 Å². The topological polar surface area (TPSA) is 63.7 Å². The van der Waals surface area contributed by atoms with Crippen molar-refractivity contribution in [1.82, 2.24) is 4.98 Å². The first-order valence-corrected chi connectivity index (χ1v) is 9.23. The fourth-order valence-electron chi connectivity index (χ4n) is 2.83. The summed E-state index contributed by atoms with van der Waals surface area (Å²) in [5.74, 6) is 0.577. The maximum atomic E-state index is 12.4. The molecule has 0 radical (unpaired) electrons. The molecule has 1 fully saturated rings. The molecule has 2 heterocycles. The molecule has 6 nitrogen and oxygen atoms in total. The Morgan fingerprint density at radius 1 is 1.19 bits per heavy atom. The summed E-state index contributed by atoms with van der Waals surface area (Å²) in [5.41, 5.74) is 2.29. The minimum absolute atomic E-state index is 0.148. The van der Waals surface area contributed by atoms with Crippen LogP contribution in [0.15, 0.2) is 42.5 Å². The van der Waals surface area contributed by atoms with Gasteiger partial charge in [0.25, 0.3) is 5.91 Å². The highest BCUT2D eigenvalue weighted by Gasteiger charge is 2.16. The average molecular weight is 369 g/mol. The number of ether oxygens (including phenoxy) is 2. The molecule has 1 N–H and O–H groups in total. The Labute approximate surface area is 155 Å². The summed E-state index contributed by atoms with van der Waals surface area (Å²) in [7, 11) is 1.60. The van der Waals surface area contributed by atoms with Gasteiger partial charge in [-0.2, -0.15) is 0 Å². The lowest BCUT2D eigenvalue weighted by Gasteiger charge is -2.25. The number of nitrogens with one attached hydrogen (secondary N) is 1. The first-order chi connectivity index (χ1) is 12.7. The van der Waals surface area contributed by atoms with E-state index in [4.69, 9.17) is 14.5 Å². The maximum Gasteiger partial charge on any atom is 0.255 e. The number of thiazole rings is 1. The normalized spacial score (nSPS) is 14.4. The average Bonchev–Trinajstić information content (AvgIpc) is 3.12. The zero-order valence-corrected chi connectivity index (χ0v) is 15.2. The minimum atomic E-state index is -0.148. The smallest absolute Gasteiger partial charge is 0.255 e. The monoisotopic (exact) mass is 369 g/mol. The molecule has 0 atom stereocenters. The van der Waals surface area contributed by atoms with E-state index in [9.17, 15) is 4.79 Å². The fraction of sp³-hybridized carbons (Fsp3) is 0.263. The van der Waals surface area contributed by atoms with E-state index in [2.05, 4.69) is 10.2 Å². The second-order valence-electron chi connectivity index (χ2n) is 5.96. The van der Waals surface area contributed by atoms with E-state index >= 15 is 0 Å². The Hall–Kier alpha value is -2.64. The quantitative estimate of drug-likeness (QED) is 0.764. The number of fused-ring (bicyclic) bond motifs is 1. The highest BCUT2D eigenvalue weighted by molar-refractivity contribution is 7.22. The molecule has 26 heavy (non-hydrogen) atoms. The minimum Gasteiger partial charge on any atom is -0.497 e. The van der Waals surface area contributed by atoms with Crippen LogP contribution in [0.5, 0.6) is 5.75 Å². The number of aromatic nitrogens is 1. The van der Waals surface area contributed by atoms with E-state index in [1.807, 2.05) is 18.2 Å². The number of anilines is 2. The summed E-state index contributed by atoms with van der Waals surface area (Å²) in [6.45, 7) is 3.19. The standard InChI is InChI=1S/C19H19N3O3S/c1-24-15-5-2-13(3-6-15)18(23)20-14-4-7-16-17(12-14)26-19(21-16)22-8-10-25-11-9-22/h2-7,12H,8-11H2,1H3,(H,20,23). The van der Waals surface area contributed by atoms with Crippen LogP contribution in [0.4, 0.5) is 10.8 Å². The largest absolute Gasteiger partial charge is 0.497 e. The van der Waals surface area contributed by atoms with Gasteiger partial charge in [0.1, 0.15) is 5.75 Å². The molecule has 1 aromatic heterocycles. The molecule has 1 aliphatic heterocycles. The first-order valence-electron chi connectivity index (χ1n) is 8.41. The molecule has 2 aromatic carbocycles. The van der Waals surface area contributed by atoms with Crippen LogP contribution >= 0.6 is 11.3 Å². The molecule has 134 valence electrons. The van der Waals surface area contributed by atoms with Crippen molar-refractivity contribution in [2.24, 2.45) is 0 Å². The van der Waals surface area contributed by atoms with Crippen LogP contribution in [-0.4, -0.2) is 44.3 Å². The summed E-state index contributed by atoms with van der Waals surface area (Å²) in [4.78, 5) is 19.4. The Kier molecular flexibility index (Phi) is 4.73. The number of nitrogens with zero attached hydrogens (tertiary/aromatic N) is 2. The van der Waals surface area contributed by atoms with Crippen molar-refractivity contribution in [3.63, 3.8) is 0 Å². The number of carbonyl (C=O) groups excluding carboxylic acids is 1. The molecule has 0 unspecified atom stereocenters. The fourth-order valence-corrected chi connectivity index (χ4v) is 3.88. The Morgan fingerprint density at radius 2 is 1.96 bits per heavy atom. The Morgan fingerprint density at radius 3 is 2.69 bits per heavy atom. The van der Waals surface area contributed by atoms with Crippen LogP contribution in [0.2, 0.25) is 0 Å². The van der Waals surface area contributed by atoms with Crippen molar-refractivity contribution in [1.29, 1.82) is 0 Å². The van der Waals surface area contributed by atoms with Gasteiger partial charge in [0.05, 0.1) is 30.5 Å². The van der Waals surface area contributed by atoms with Crippen LogP contribution in [-0.2, 0) is 4.74 Å². The zero-order chi connectivity index (χ0) is 17.9. The number of hydrogen-bond donors (Lipinski definition) is 1. The van der Waals surface area contributed by atoms with Crippen LogP contribution in [0, 0.1) is 0 Å². The Bertz CT molecular complexity index is 917. The molecule has 0 aliphatic carbocycles. The number of hydrogen-bond acceptors (Lipinski definition) is 6. The van der Waals surface area contributed by atoms with Gasteiger partial charge in [0.15, 0.2) is 5.13 Å². The number of amides is 1. The van der Waals surface area contributed by atoms with E-state index < -0.39 is 0 Å². The highest BCUT2D eigenvalue weighted by atomic mass is 32.1. The van der Waals surface area contributed by atoms with Crippen molar-refractivity contribution in [3.05, 3.63) is 48.0 Å². The molecule has 4 rings (SSSR count). The predicted octanol–water partition coefficient (Wildman–Crippen LogP) is 3.39. The third-order valence-corrected chi connectivity index (χ3v) is 5.35. The van der Waals surface area contributed by atoms with E-state index in [-0.39, 0.29) is 5.91 Å². The van der Waals surface area contributed by atoms with Gasteiger partial charge >= 0.3 is 0 Å². The summed E-state index contributed by atoms with van der Waals surface area (Å²) in [6.07, 6.45) is 0. The van der Waals surface area contributed by atoms with Crippen molar-refractivity contribution in [2.75, 3.05) is 43.6 Å². The maximum absolute atomic E-state index is 12.4. The molecule has 3 aromatic rings. The Balaban J connectivity index is 1.51. The summed E-state index contributed by atoms with van der Waals surface area (Å²) < 4.78 is 11.6. The molecule has 1 aliphatic rings. The predicted molar refractivity (Wildman–Crippen MR) is 104 cm³/mol. The van der Waals surface area contributed by atoms with Crippen molar-refractivity contribution in [2.45, 2.75) is 0 Å². The third kappa shape index (κ3) is 3.49. The number of morpholine rings is 1. The van der Waals surface area contributed by atoms with Crippen LogP contribution in [0.25, 0.3) is 10.2 Å². The van der Waals surface area contributed by atoms with E-state index in [1.165, 1.54) is 0 Å². The first kappa shape index (κ1) is 16.8. The van der Waals surface area contributed by atoms with Gasteiger partial charge in [-0.05, 0) is 42.5 Å². The lowest BCUT2D eigenvalue weighted by atomic mass is 10.2.